The van der Waals surface area contributed by atoms with E-state index in [1.54, 1.807) is 7.11 Å². The van der Waals surface area contributed by atoms with Gasteiger partial charge in [0, 0.05) is 0 Å². The lowest BCUT2D eigenvalue weighted by Crippen LogP contribution is -2.12. The summed E-state index contributed by atoms with van der Waals surface area (Å²) >= 11 is 6.68. The topological polar surface area (TPSA) is 9.23 Å². The molecule has 0 radical (unpaired) electrons. The van der Waals surface area contributed by atoms with E-state index in [0.717, 1.165) is 5.75 Å². The van der Waals surface area contributed by atoms with Gasteiger partial charge in [0.25, 0.3) is 0 Å². The largest absolute Gasteiger partial charge is 0.496 e. The lowest BCUT2D eigenvalue weighted by atomic mass is 9.84. The van der Waals surface area contributed by atoms with E-state index in [1.807, 2.05) is 0 Å². The van der Waals surface area contributed by atoms with Gasteiger partial charge in [-0.2, -0.15) is 0 Å². The molecule has 0 saturated heterocycles. The van der Waals surface area contributed by atoms with Gasteiger partial charge in [0.15, 0.2) is 0 Å². The molecule has 1 aromatic rings. The Morgan fingerprint density at radius 1 is 1.11 bits per heavy atom. The normalized spacial score (nSPS) is 18.7. The molecule has 1 aromatic carbocycles. The molecular weight excluding hydrogens is 244 g/mol. The zero-order valence-corrected chi connectivity index (χ0v) is 12.4. The molecule has 0 aliphatic heterocycles. The first kappa shape index (κ1) is 13.7. The second-order valence-corrected chi connectivity index (χ2v) is 5.96. The van der Waals surface area contributed by atoms with E-state index in [2.05, 4.69) is 26.0 Å². The number of halogens is 1. The number of hydrogen-bond acceptors (Lipinski definition) is 1. The van der Waals surface area contributed by atoms with Crippen molar-refractivity contribution in [3.8, 4) is 5.75 Å². The van der Waals surface area contributed by atoms with Gasteiger partial charge in [0.1, 0.15) is 5.75 Å². The number of alkyl halides is 1. The summed E-state index contributed by atoms with van der Waals surface area (Å²) in [6.45, 7) is 4.19. The van der Waals surface area contributed by atoms with Crippen molar-refractivity contribution in [1.29, 1.82) is 0 Å². The maximum atomic E-state index is 6.68. The first-order valence-corrected chi connectivity index (χ1v) is 7.36. The van der Waals surface area contributed by atoms with Gasteiger partial charge in [-0.15, -0.1) is 11.6 Å². The molecule has 1 fully saturated rings. The summed E-state index contributed by atoms with van der Waals surface area (Å²) in [5, 5.41) is 0.161. The smallest absolute Gasteiger partial charge is 0.124 e. The van der Waals surface area contributed by atoms with E-state index in [4.69, 9.17) is 16.3 Å². The summed E-state index contributed by atoms with van der Waals surface area (Å²) < 4.78 is 5.41. The Morgan fingerprint density at radius 3 is 2.17 bits per heavy atom. The summed E-state index contributed by atoms with van der Waals surface area (Å²) in [5.74, 6) is 1.64. The van der Waals surface area contributed by atoms with Gasteiger partial charge in [0.05, 0.1) is 12.5 Å². The third-order valence-corrected chi connectivity index (χ3v) is 4.68. The molecule has 0 aromatic heterocycles. The SMILES string of the molecule is COc1c(C)cc(C(Cl)C2CCCCC2)cc1C. The van der Waals surface area contributed by atoms with E-state index in [9.17, 15) is 0 Å². The molecule has 1 nitrogen and oxygen atoms in total. The molecule has 0 N–H and O–H groups in total. The predicted octanol–water partition coefficient (Wildman–Crippen LogP) is 5.17. The Kier molecular flexibility index (Phi) is 4.55. The number of rotatable bonds is 3. The monoisotopic (exact) mass is 266 g/mol. The van der Waals surface area contributed by atoms with Crippen LogP contribution in [-0.4, -0.2) is 7.11 Å². The lowest BCUT2D eigenvalue weighted by molar-refractivity contribution is 0.348. The number of aryl methyl sites for hydroxylation is 2. The maximum Gasteiger partial charge on any atom is 0.124 e. The molecular formula is C16H23ClO. The van der Waals surface area contributed by atoms with Crippen molar-refractivity contribution in [3.05, 3.63) is 28.8 Å². The summed E-state index contributed by atoms with van der Waals surface area (Å²) in [6.07, 6.45) is 6.60. The van der Waals surface area contributed by atoms with Crippen LogP contribution in [0.15, 0.2) is 12.1 Å². The van der Waals surface area contributed by atoms with Crippen LogP contribution in [0.3, 0.4) is 0 Å². The highest BCUT2D eigenvalue weighted by Crippen LogP contribution is 2.40. The number of benzene rings is 1. The summed E-state index contributed by atoms with van der Waals surface area (Å²) in [6, 6.07) is 4.39. The third kappa shape index (κ3) is 2.83. The quantitative estimate of drug-likeness (QED) is 0.686. The Labute approximate surface area is 115 Å². The van der Waals surface area contributed by atoms with Crippen LogP contribution in [0.4, 0.5) is 0 Å². The first-order chi connectivity index (χ1) is 8.63. The Hall–Kier alpha value is -0.690. The fourth-order valence-corrected chi connectivity index (χ4v) is 3.54. The summed E-state index contributed by atoms with van der Waals surface area (Å²) in [5.41, 5.74) is 3.64. The first-order valence-electron chi connectivity index (χ1n) is 6.92. The van der Waals surface area contributed by atoms with E-state index in [0.29, 0.717) is 5.92 Å². The average molecular weight is 267 g/mol. The molecule has 0 heterocycles. The zero-order chi connectivity index (χ0) is 13.1. The Morgan fingerprint density at radius 2 is 1.67 bits per heavy atom. The van der Waals surface area contributed by atoms with Crippen LogP contribution >= 0.6 is 11.6 Å². The van der Waals surface area contributed by atoms with Crippen molar-refractivity contribution in [2.24, 2.45) is 5.92 Å². The number of hydrogen-bond donors (Lipinski definition) is 0. The standard InChI is InChI=1S/C16H23ClO/c1-11-9-14(10-12(2)16(11)18-3)15(17)13-7-5-4-6-8-13/h9-10,13,15H,4-8H2,1-3H3. The van der Waals surface area contributed by atoms with E-state index in [1.165, 1.54) is 48.8 Å². The van der Waals surface area contributed by atoms with Crippen molar-refractivity contribution < 1.29 is 4.74 Å². The Balaban J connectivity index is 2.22. The average Bonchev–Trinajstić information content (AvgIpc) is 2.38. The third-order valence-electron chi connectivity index (χ3n) is 4.07. The van der Waals surface area contributed by atoms with Crippen LogP contribution < -0.4 is 4.74 Å². The van der Waals surface area contributed by atoms with Crippen molar-refractivity contribution in [2.45, 2.75) is 51.3 Å². The van der Waals surface area contributed by atoms with Crippen molar-refractivity contribution in [1.82, 2.24) is 0 Å². The van der Waals surface area contributed by atoms with Crippen LogP contribution in [0.25, 0.3) is 0 Å². The molecule has 2 heteroatoms. The fraction of sp³-hybridized carbons (Fsp3) is 0.625. The molecule has 1 aliphatic rings. The number of ether oxygens (including phenoxy) is 1. The maximum absolute atomic E-state index is 6.68. The van der Waals surface area contributed by atoms with Crippen molar-refractivity contribution in [3.63, 3.8) is 0 Å². The molecule has 0 amide bonds. The molecule has 1 unspecified atom stereocenters. The van der Waals surface area contributed by atoms with Gasteiger partial charge >= 0.3 is 0 Å². The highest BCUT2D eigenvalue weighted by Gasteiger charge is 2.24. The lowest BCUT2D eigenvalue weighted by Gasteiger charge is -2.27. The van der Waals surface area contributed by atoms with Gasteiger partial charge in [-0.25, -0.2) is 0 Å². The second-order valence-electron chi connectivity index (χ2n) is 5.49. The van der Waals surface area contributed by atoms with E-state index >= 15 is 0 Å². The molecule has 1 aliphatic carbocycles. The molecule has 1 saturated carbocycles. The summed E-state index contributed by atoms with van der Waals surface area (Å²) in [4.78, 5) is 0. The minimum atomic E-state index is 0.161. The fourth-order valence-electron chi connectivity index (χ4n) is 3.16. The Bertz CT molecular complexity index is 385. The van der Waals surface area contributed by atoms with E-state index < -0.39 is 0 Å². The van der Waals surface area contributed by atoms with E-state index in [-0.39, 0.29) is 5.38 Å². The molecule has 18 heavy (non-hydrogen) atoms. The molecule has 0 spiro atoms. The van der Waals surface area contributed by atoms with Crippen LogP contribution in [0.2, 0.25) is 0 Å². The molecule has 2 rings (SSSR count). The van der Waals surface area contributed by atoms with Gasteiger partial charge in [-0.1, -0.05) is 31.4 Å². The zero-order valence-electron chi connectivity index (χ0n) is 11.6. The van der Waals surface area contributed by atoms with Crippen LogP contribution in [0.5, 0.6) is 5.75 Å². The summed E-state index contributed by atoms with van der Waals surface area (Å²) in [7, 11) is 1.73. The van der Waals surface area contributed by atoms with Crippen molar-refractivity contribution >= 4 is 11.6 Å². The highest BCUT2D eigenvalue weighted by atomic mass is 35.5. The molecule has 0 bridgehead atoms. The van der Waals surface area contributed by atoms with Crippen LogP contribution in [0, 0.1) is 19.8 Å². The second kappa shape index (κ2) is 5.97. The molecule has 100 valence electrons. The van der Waals surface area contributed by atoms with Gasteiger partial charge < -0.3 is 4.74 Å². The van der Waals surface area contributed by atoms with Crippen LogP contribution in [-0.2, 0) is 0 Å². The van der Waals surface area contributed by atoms with Crippen LogP contribution in [0.1, 0.15) is 54.2 Å². The predicted molar refractivity (Wildman–Crippen MR) is 77.6 cm³/mol. The van der Waals surface area contributed by atoms with Gasteiger partial charge in [-0.3, -0.25) is 0 Å². The van der Waals surface area contributed by atoms with Gasteiger partial charge in [-0.05, 0) is 49.3 Å². The van der Waals surface area contributed by atoms with Crippen molar-refractivity contribution in [2.75, 3.05) is 7.11 Å². The minimum absolute atomic E-state index is 0.161. The van der Waals surface area contributed by atoms with Gasteiger partial charge in [0.2, 0.25) is 0 Å². The number of methoxy groups -OCH3 is 1. The minimum Gasteiger partial charge on any atom is -0.496 e. The highest BCUT2D eigenvalue weighted by molar-refractivity contribution is 6.21. The molecule has 1 atom stereocenters.